The number of phenolic OH excluding ortho intramolecular Hbond substituents is 1. The van der Waals surface area contributed by atoms with E-state index in [-0.39, 0.29) is 42.7 Å². The Labute approximate surface area is 215 Å². The van der Waals surface area contributed by atoms with E-state index in [0.29, 0.717) is 30.3 Å². The first-order valence-electron chi connectivity index (χ1n) is 13.3. The molecule has 1 amide bonds. The summed E-state index contributed by atoms with van der Waals surface area (Å²) in [7, 11) is 0. The molecule has 4 atom stereocenters. The van der Waals surface area contributed by atoms with E-state index in [9.17, 15) is 20.1 Å². The number of benzene rings is 2. The molecule has 2 heterocycles. The smallest absolute Gasteiger partial charge is 0.250 e. The van der Waals surface area contributed by atoms with Crippen LogP contribution < -0.4 is 14.8 Å². The van der Waals surface area contributed by atoms with Gasteiger partial charge in [0.25, 0.3) is 5.91 Å². The number of carbonyl (C=O) groups excluding carboxylic acids is 1. The van der Waals surface area contributed by atoms with Gasteiger partial charge in [-0.2, -0.15) is 0 Å². The van der Waals surface area contributed by atoms with Crippen LogP contribution in [-0.4, -0.2) is 70.1 Å². The van der Waals surface area contributed by atoms with Crippen molar-refractivity contribution in [3.63, 3.8) is 0 Å². The molecule has 5 aliphatic rings. The van der Waals surface area contributed by atoms with Crippen molar-refractivity contribution in [3.8, 4) is 17.2 Å². The highest BCUT2D eigenvalue weighted by Crippen LogP contribution is 2.66. The molecule has 4 N–H and O–H groups in total. The molecular formula is C29H32N2O6. The maximum atomic E-state index is 13.3. The van der Waals surface area contributed by atoms with Crippen LogP contribution in [0.25, 0.3) is 0 Å². The molecule has 1 saturated heterocycles. The lowest BCUT2D eigenvalue weighted by Gasteiger charge is -2.62. The minimum atomic E-state index is -1.31. The second-order valence-corrected chi connectivity index (χ2v) is 11.2. The van der Waals surface area contributed by atoms with Crippen LogP contribution in [0.5, 0.6) is 17.2 Å². The predicted octanol–water partition coefficient (Wildman–Crippen LogP) is 2.57. The van der Waals surface area contributed by atoms with Crippen LogP contribution in [-0.2, 0) is 16.6 Å². The average Bonchev–Trinajstić information content (AvgIpc) is 3.64. The van der Waals surface area contributed by atoms with E-state index in [1.165, 1.54) is 12.8 Å². The van der Waals surface area contributed by atoms with Crippen LogP contribution in [0.1, 0.15) is 36.8 Å². The highest BCUT2D eigenvalue weighted by Gasteiger charge is 2.73. The fourth-order valence-corrected chi connectivity index (χ4v) is 7.33. The van der Waals surface area contributed by atoms with E-state index in [4.69, 9.17) is 9.47 Å². The van der Waals surface area contributed by atoms with Crippen molar-refractivity contribution in [2.45, 2.75) is 55.3 Å². The Hall–Kier alpha value is -3.23. The zero-order valence-electron chi connectivity index (χ0n) is 20.7. The topological polar surface area (TPSA) is 111 Å². The first-order valence-corrected chi connectivity index (χ1v) is 13.3. The number of aliphatic hydroxyl groups is 2. The number of likely N-dealkylation sites (tertiary alicyclic amines) is 1. The van der Waals surface area contributed by atoms with Crippen molar-refractivity contribution in [1.29, 1.82) is 0 Å². The molecule has 0 unspecified atom stereocenters. The van der Waals surface area contributed by atoms with Gasteiger partial charge in [-0.1, -0.05) is 24.3 Å². The highest BCUT2D eigenvalue weighted by molar-refractivity contribution is 5.95. The van der Waals surface area contributed by atoms with Gasteiger partial charge in [0.15, 0.2) is 17.6 Å². The molecule has 7 rings (SSSR count). The number of hydrogen-bond donors (Lipinski definition) is 4. The van der Waals surface area contributed by atoms with E-state index in [1.54, 1.807) is 6.07 Å². The van der Waals surface area contributed by atoms with Crippen LogP contribution in [0.2, 0.25) is 0 Å². The summed E-state index contributed by atoms with van der Waals surface area (Å²) >= 11 is 0. The first kappa shape index (κ1) is 22.9. The maximum Gasteiger partial charge on any atom is 0.250 e. The maximum absolute atomic E-state index is 13.3. The molecular weight excluding hydrogens is 472 g/mol. The zero-order chi connectivity index (χ0) is 25.4. The third-order valence-electron chi connectivity index (χ3n) is 9.19. The molecule has 2 bridgehead atoms. The molecule has 3 aliphatic carbocycles. The van der Waals surface area contributed by atoms with Gasteiger partial charge in [0.05, 0.1) is 23.1 Å². The van der Waals surface area contributed by atoms with E-state index < -0.39 is 23.0 Å². The normalized spacial score (nSPS) is 31.5. The molecule has 8 nitrogen and oxygen atoms in total. The lowest BCUT2D eigenvalue weighted by atomic mass is 9.49. The molecule has 2 aromatic carbocycles. The SMILES string of the molecule is O=C(NCCOc1ccccc1)C1=C(O)[C@@H]2Oc3c(O)ccc4c3[C@@]23CCN(CC2CC2)[C@H](C4)[C@]3(O)C1. The van der Waals surface area contributed by atoms with Gasteiger partial charge in [-0.05, 0) is 61.9 Å². The number of hydrogen-bond acceptors (Lipinski definition) is 7. The van der Waals surface area contributed by atoms with Gasteiger partial charge in [-0.15, -0.1) is 0 Å². The van der Waals surface area contributed by atoms with E-state index in [0.717, 1.165) is 24.2 Å². The Kier molecular flexibility index (Phi) is 5.04. The fraction of sp³-hybridized carbons (Fsp3) is 0.483. The Morgan fingerprint density at radius 3 is 2.76 bits per heavy atom. The Morgan fingerprint density at radius 2 is 1.97 bits per heavy atom. The van der Waals surface area contributed by atoms with Crippen LogP contribution in [0.3, 0.4) is 0 Å². The van der Waals surface area contributed by atoms with Gasteiger partial charge < -0.3 is 30.1 Å². The number of rotatable bonds is 7. The van der Waals surface area contributed by atoms with Crippen LogP contribution in [0.4, 0.5) is 0 Å². The Balaban J connectivity index is 1.21. The molecule has 2 aliphatic heterocycles. The summed E-state index contributed by atoms with van der Waals surface area (Å²) in [6, 6.07) is 12.7. The van der Waals surface area contributed by atoms with Crippen LogP contribution >= 0.6 is 0 Å². The van der Waals surface area contributed by atoms with Gasteiger partial charge in [0, 0.05) is 24.6 Å². The molecule has 2 aromatic rings. The predicted molar refractivity (Wildman–Crippen MR) is 135 cm³/mol. The van der Waals surface area contributed by atoms with Crippen LogP contribution in [0, 0.1) is 5.92 Å². The van der Waals surface area contributed by atoms with E-state index in [2.05, 4.69) is 10.2 Å². The lowest BCUT2D eigenvalue weighted by molar-refractivity contribution is -0.172. The first-order chi connectivity index (χ1) is 17.9. The van der Waals surface area contributed by atoms with Crippen molar-refractivity contribution in [1.82, 2.24) is 10.2 Å². The summed E-state index contributed by atoms with van der Waals surface area (Å²) < 4.78 is 11.9. The molecule has 194 valence electrons. The minimum absolute atomic E-state index is 0.000553. The van der Waals surface area contributed by atoms with Crippen LogP contribution in [0.15, 0.2) is 53.8 Å². The second-order valence-electron chi connectivity index (χ2n) is 11.2. The van der Waals surface area contributed by atoms with Gasteiger partial charge in [-0.3, -0.25) is 9.69 Å². The number of carbonyl (C=O) groups is 1. The third kappa shape index (κ3) is 3.25. The number of aliphatic hydroxyl groups excluding tert-OH is 1. The van der Waals surface area contributed by atoms with Crippen molar-refractivity contribution in [2.75, 3.05) is 26.2 Å². The summed E-state index contributed by atoms with van der Waals surface area (Å²) in [6.07, 6.45) is 2.75. The summed E-state index contributed by atoms with van der Waals surface area (Å²) in [4.78, 5) is 15.7. The second kappa shape index (κ2) is 8.13. The number of aromatic hydroxyl groups is 1. The van der Waals surface area contributed by atoms with Crippen molar-refractivity contribution in [3.05, 3.63) is 64.9 Å². The fourth-order valence-electron chi connectivity index (χ4n) is 7.33. The standard InChI is InChI=1S/C29H32N2O6/c32-21-9-8-18-14-22-29(35)15-20(27(34)30-11-13-36-19-4-2-1-3-5-19)24(33)26-28(29,23(18)25(21)37-26)10-12-31(22)16-17-6-7-17/h1-5,8-9,17,22,26,32-33,35H,6-7,10-16H2,(H,30,34)/t22-,26+,28+,29-/m1/s1. The quantitative estimate of drug-likeness (QED) is 0.429. The summed E-state index contributed by atoms with van der Waals surface area (Å²) in [5, 5.41) is 37.6. The van der Waals surface area contributed by atoms with Gasteiger partial charge >= 0.3 is 0 Å². The summed E-state index contributed by atoms with van der Waals surface area (Å²) in [5.74, 6) is 1.12. The molecule has 2 fully saturated rings. The summed E-state index contributed by atoms with van der Waals surface area (Å²) in [6.45, 7) is 2.24. The van der Waals surface area contributed by atoms with Crippen molar-refractivity contribution >= 4 is 5.91 Å². The van der Waals surface area contributed by atoms with E-state index in [1.807, 2.05) is 36.4 Å². The minimum Gasteiger partial charge on any atom is -0.508 e. The molecule has 0 aromatic heterocycles. The van der Waals surface area contributed by atoms with Crippen molar-refractivity contribution in [2.24, 2.45) is 5.92 Å². The Bertz CT molecular complexity index is 1290. The number of phenols is 1. The van der Waals surface area contributed by atoms with E-state index >= 15 is 0 Å². The molecule has 1 spiro atoms. The number of para-hydroxylation sites is 1. The van der Waals surface area contributed by atoms with Gasteiger partial charge in [-0.25, -0.2) is 0 Å². The molecule has 8 heteroatoms. The summed E-state index contributed by atoms with van der Waals surface area (Å²) in [5.41, 5.74) is -0.203. The highest BCUT2D eigenvalue weighted by atomic mass is 16.5. The Morgan fingerprint density at radius 1 is 1.16 bits per heavy atom. The number of piperidine rings is 1. The third-order valence-corrected chi connectivity index (χ3v) is 9.19. The zero-order valence-corrected chi connectivity index (χ0v) is 20.7. The number of ether oxygens (including phenoxy) is 2. The van der Waals surface area contributed by atoms with Gasteiger partial charge in [0.2, 0.25) is 0 Å². The molecule has 37 heavy (non-hydrogen) atoms. The van der Waals surface area contributed by atoms with Gasteiger partial charge in [0.1, 0.15) is 18.1 Å². The average molecular weight is 505 g/mol. The number of nitrogens with zero attached hydrogens (tertiary/aromatic N) is 1. The lowest BCUT2D eigenvalue weighted by Crippen LogP contribution is -2.75. The number of amides is 1. The van der Waals surface area contributed by atoms with Crippen molar-refractivity contribution < 1.29 is 29.6 Å². The number of nitrogens with one attached hydrogen (secondary N) is 1. The molecule has 1 saturated carbocycles. The largest absolute Gasteiger partial charge is 0.508 e. The monoisotopic (exact) mass is 504 g/mol. The molecule has 0 radical (unpaired) electrons.